The molecule has 34 heavy (non-hydrogen) atoms. The average Bonchev–Trinajstić information content (AvgIpc) is 3.08. The molecule has 0 bridgehead atoms. The molecular weight excluding hydrogens is 422 g/mol. The van der Waals surface area contributed by atoms with Crippen LogP contribution in [0.2, 0.25) is 0 Å². The highest BCUT2D eigenvalue weighted by molar-refractivity contribution is 5.75. The number of carbonyl (C=O) groups excluding carboxylic acids is 1. The van der Waals surface area contributed by atoms with E-state index in [0.29, 0.717) is 30.3 Å². The Kier molecular flexibility index (Phi) is 6.67. The molecule has 2 saturated heterocycles. The number of carbonyl (C=O) groups is 1. The molecule has 4 aliphatic rings. The van der Waals surface area contributed by atoms with E-state index in [9.17, 15) is 4.79 Å². The number of rotatable bonds is 6. The molecule has 1 aromatic carbocycles. The van der Waals surface area contributed by atoms with Crippen molar-refractivity contribution in [3.05, 3.63) is 48.0 Å². The summed E-state index contributed by atoms with van der Waals surface area (Å²) in [6, 6.07) is 11.1. The van der Waals surface area contributed by atoms with Gasteiger partial charge in [0.2, 0.25) is 0 Å². The van der Waals surface area contributed by atoms with Crippen LogP contribution >= 0.6 is 0 Å². The van der Waals surface area contributed by atoms with E-state index in [4.69, 9.17) is 9.47 Å². The van der Waals surface area contributed by atoms with Gasteiger partial charge in [0.1, 0.15) is 6.10 Å². The van der Waals surface area contributed by atoms with Crippen LogP contribution in [0.5, 0.6) is 0 Å². The van der Waals surface area contributed by atoms with Gasteiger partial charge >= 0.3 is 5.97 Å². The fourth-order valence-corrected chi connectivity index (χ4v) is 7.66. The van der Waals surface area contributed by atoms with Crippen LogP contribution in [0.1, 0.15) is 71.3 Å². The summed E-state index contributed by atoms with van der Waals surface area (Å²) in [4.78, 5) is 13.1. The Morgan fingerprint density at radius 2 is 1.97 bits per heavy atom. The smallest absolute Gasteiger partial charge is 0.310 e. The molecule has 7 atom stereocenters. The molecule has 4 heteroatoms. The van der Waals surface area contributed by atoms with Crippen molar-refractivity contribution in [1.29, 1.82) is 0 Å². The van der Waals surface area contributed by atoms with Crippen molar-refractivity contribution >= 4 is 5.97 Å². The highest BCUT2D eigenvalue weighted by Crippen LogP contribution is 2.56. The zero-order chi connectivity index (χ0) is 23.9. The van der Waals surface area contributed by atoms with Crippen LogP contribution in [0.25, 0.3) is 0 Å². The first kappa shape index (κ1) is 24.1. The lowest BCUT2D eigenvalue weighted by molar-refractivity contribution is -0.146. The Bertz CT molecular complexity index is 896. The molecule has 1 aromatic rings. The van der Waals surface area contributed by atoms with Crippen molar-refractivity contribution in [1.82, 2.24) is 5.32 Å². The van der Waals surface area contributed by atoms with Gasteiger partial charge in [0.25, 0.3) is 0 Å². The SMILES string of the molecule is C=C1CCC[C@]2(C)C[C@H]3OC(=O)[C@H](CN[C@@H](Cc4ccccc4)[C@H]4CCOC(C)(C)C4)[C@@H]3C[C@@H]12. The summed E-state index contributed by atoms with van der Waals surface area (Å²) < 4.78 is 12.0. The lowest BCUT2D eigenvalue weighted by atomic mass is 9.55. The molecule has 2 heterocycles. The van der Waals surface area contributed by atoms with E-state index in [1.165, 1.54) is 24.0 Å². The first-order chi connectivity index (χ1) is 16.2. The maximum absolute atomic E-state index is 13.1. The van der Waals surface area contributed by atoms with E-state index < -0.39 is 0 Å². The zero-order valence-electron chi connectivity index (χ0n) is 21.4. The Hall–Kier alpha value is -1.65. The van der Waals surface area contributed by atoms with E-state index in [1.54, 1.807) is 0 Å². The van der Waals surface area contributed by atoms with Crippen molar-refractivity contribution in [2.45, 2.75) is 89.9 Å². The molecule has 5 rings (SSSR count). The molecule has 2 aliphatic heterocycles. The van der Waals surface area contributed by atoms with E-state index in [2.05, 4.69) is 63.0 Å². The molecule has 2 aliphatic carbocycles. The second-order valence-electron chi connectivity index (χ2n) is 12.5. The summed E-state index contributed by atoms with van der Waals surface area (Å²) >= 11 is 0. The first-order valence-electron chi connectivity index (χ1n) is 13.5. The van der Waals surface area contributed by atoms with Crippen molar-refractivity contribution in [2.24, 2.45) is 29.1 Å². The summed E-state index contributed by atoms with van der Waals surface area (Å²) in [7, 11) is 0. The standard InChI is InChI=1S/C30H43NO3/c1-20-9-8-13-30(4)18-27-23(16-25(20)30)24(28(32)34-27)19-31-26(15-21-10-6-5-7-11-21)22-12-14-33-29(2,3)17-22/h5-7,10-11,22-27,31H,1,8-9,12-19H2,2-4H3/t22-,23-,24+,25-,26-,27+,30+/m0/s1. The second-order valence-corrected chi connectivity index (χ2v) is 12.5. The minimum atomic E-state index is -0.0912. The number of hydrogen-bond donors (Lipinski definition) is 1. The van der Waals surface area contributed by atoms with Crippen molar-refractivity contribution in [3.8, 4) is 0 Å². The van der Waals surface area contributed by atoms with Crippen LogP contribution in [-0.2, 0) is 20.7 Å². The molecule has 4 fully saturated rings. The minimum absolute atomic E-state index is 0.0149. The summed E-state index contributed by atoms with van der Waals surface area (Å²) in [5, 5.41) is 3.90. The summed E-state index contributed by atoms with van der Waals surface area (Å²) in [5.41, 5.74) is 2.92. The molecule has 2 saturated carbocycles. The third kappa shape index (κ3) is 4.86. The van der Waals surface area contributed by atoms with E-state index in [1.807, 2.05) is 0 Å². The van der Waals surface area contributed by atoms with Crippen LogP contribution in [0, 0.1) is 29.1 Å². The fourth-order valence-electron chi connectivity index (χ4n) is 7.66. The topological polar surface area (TPSA) is 47.6 Å². The maximum atomic E-state index is 13.1. The molecule has 186 valence electrons. The van der Waals surface area contributed by atoms with Gasteiger partial charge in [0.05, 0.1) is 11.5 Å². The quantitative estimate of drug-likeness (QED) is 0.432. The highest BCUT2D eigenvalue weighted by Gasteiger charge is 2.55. The molecular formula is C30H43NO3. The molecule has 0 unspecified atom stereocenters. The summed E-state index contributed by atoms with van der Waals surface area (Å²) in [5.74, 6) is 1.36. The van der Waals surface area contributed by atoms with Gasteiger partial charge in [-0.1, -0.05) is 49.4 Å². The number of hydrogen-bond acceptors (Lipinski definition) is 4. The van der Waals surface area contributed by atoms with Gasteiger partial charge in [-0.05, 0) is 88.0 Å². The zero-order valence-corrected chi connectivity index (χ0v) is 21.4. The van der Waals surface area contributed by atoms with Gasteiger partial charge in [-0.3, -0.25) is 4.79 Å². The van der Waals surface area contributed by atoms with E-state index in [-0.39, 0.29) is 29.0 Å². The average molecular weight is 466 g/mol. The van der Waals surface area contributed by atoms with Crippen molar-refractivity contribution in [2.75, 3.05) is 13.2 Å². The van der Waals surface area contributed by atoms with Crippen LogP contribution in [0.15, 0.2) is 42.5 Å². The maximum Gasteiger partial charge on any atom is 0.310 e. The Balaban J connectivity index is 1.30. The Labute approximate surface area is 205 Å². The van der Waals surface area contributed by atoms with E-state index >= 15 is 0 Å². The van der Waals surface area contributed by atoms with Gasteiger partial charge in [0, 0.05) is 25.1 Å². The predicted molar refractivity (Wildman–Crippen MR) is 135 cm³/mol. The third-order valence-electron chi connectivity index (χ3n) is 9.52. The van der Waals surface area contributed by atoms with Gasteiger partial charge in [-0.15, -0.1) is 0 Å². The molecule has 0 radical (unpaired) electrons. The number of ether oxygens (including phenoxy) is 2. The predicted octanol–water partition coefficient (Wildman–Crippen LogP) is 5.71. The fraction of sp³-hybridized carbons (Fsp3) is 0.700. The normalized spacial score (nSPS) is 38.0. The Morgan fingerprint density at radius 1 is 1.18 bits per heavy atom. The van der Waals surface area contributed by atoms with Crippen LogP contribution in [0.4, 0.5) is 0 Å². The van der Waals surface area contributed by atoms with Gasteiger partial charge in [-0.25, -0.2) is 0 Å². The Morgan fingerprint density at radius 3 is 2.74 bits per heavy atom. The number of nitrogens with one attached hydrogen (secondary N) is 1. The molecule has 0 amide bonds. The largest absolute Gasteiger partial charge is 0.462 e. The lowest BCUT2D eigenvalue weighted by Gasteiger charge is -2.50. The first-order valence-corrected chi connectivity index (χ1v) is 13.5. The minimum Gasteiger partial charge on any atom is -0.462 e. The third-order valence-corrected chi connectivity index (χ3v) is 9.52. The molecule has 0 aromatic heterocycles. The number of fused-ring (bicyclic) bond motifs is 2. The molecule has 0 spiro atoms. The van der Waals surface area contributed by atoms with Crippen LogP contribution in [-0.4, -0.2) is 36.9 Å². The molecule has 1 N–H and O–H groups in total. The van der Waals surface area contributed by atoms with Gasteiger partial charge < -0.3 is 14.8 Å². The van der Waals surface area contributed by atoms with E-state index in [0.717, 1.165) is 45.1 Å². The van der Waals surface area contributed by atoms with Crippen molar-refractivity contribution < 1.29 is 14.3 Å². The van der Waals surface area contributed by atoms with Crippen molar-refractivity contribution in [3.63, 3.8) is 0 Å². The second kappa shape index (κ2) is 9.43. The number of benzene rings is 1. The summed E-state index contributed by atoms with van der Waals surface area (Å²) in [6.07, 6.45) is 8.85. The monoisotopic (exact) mass is 465 g/mol. The van der Waals surface area contributed by atoms with Crippen LogP contribution < -0.4 is 5.32 Å². The summed E-state index contributed by atoms with van der Waals surface area (Å²) in [6.45, 7) is 12.8. The van der Waals surface area contributed by atoms with Gasteiger partial charge in [0.15, 0.2) is 0 Å². The number of esters is 1. The van der Waals surface area contributed by atoms with Crippen LogP contribution in [0.3, 0.4) is 0 Å². The number of allylic oxidation sites excluding steroid dienone is 1. The van der Waals surface area contributed by atoms with Gasteiger partial charge in [-0.2, -0.15) is 0 Å². The highest BCUT2D eigenvalue weighted by atomic mass is 16.6. The lowest BCUT2D eigenvalue weighted by Crippen LogP contribution is -2.49. The molecule has 4 nitrogen and oxygen atoms in total.